The molecular formula is C22H25F2N3O2S. The van der Waals surface area contributed by atoms with Gasteiger partial charge in [0, 0.05) is 19.2 Å². The highest BCUT2D eigenvalue weighted by Gasteiger charge is 2.22. The summed E-state index contributed by atoms with van der Waals surface area (Å²) in [6.07, 6.45) is 0. The first kappa shape index (κ1) is 22.1. The van der Waals surface area contributed by atoms with Crippen LogP contribution >= 0.6 is 11.3 Å². The van der Waals surface area contributed by atoms with Gasteiger partial charge in [-0.3, -0.25) is 9.69 Å². The van der Waals surface area contributed by atoms with Crippen molar-refractivity contribution < 1.29 is 18.3 Å². The highest BCUT2D eigenvalue weighted by atomic mass is 32.1. The topological polar surface area (TPSA) is 45.7 Å². The van der Waals surface area contributed by atoms with Crippen LogP contribution in [0.15, 0.2) is 36.4 Å². The van der Waals surface area contributed by atoms with E-state index in [0.29, 0.717) is 28.7 Å². The fourth-order valence-electron chi connectivity index (χ4n) is 3.10. The van der Waals surface area contributed by atoms with E-state index in [2.05, 4.69) is 9.88 Å². The number of nitrogens with zero attached hydrogens (tertiary/aromatic N) is 3. The second-order valence-corrected chi connectivity index (χ2v) is 7.87. The summed E-state index contributed by atoms with van der Waals surface area (Å²) in [5.74, 6) is -1.06. The van der Waals surface area contributed by atoms with Crippen molar-refractivity contribution >= 4 is 32.6 Å². The van der Waals surface area contributed by atoms with Crippen molar-refractivity contribution in [2.75, 3.05) is 37.7 Å². The number of ether oxygens (including phenoxy) is 1. The van der Waals surface area contributed by atoms with Gasteiger partial charge in [-0.2, -0.15) is 0 Å². The van der Waals surface area contributed by atoms with E-state index in [0.717, 1.165) is 36.1 Å². The summed E-state index contributed by atoms with van der Waals surface area (Å²) in [4.78, 5) is 21.0. The minimum absolute atomic E-state index is 0.0665. The zero-order chi connectivity index (χ0) is 21.7. The van der Waals surface area contributed by atoms with Crippen molar-refractivity contribution in [1.82, 2.24) is 9.88 Å². The molecule has 0 aliphatic carbocycles. The normalized spacial score (nSPS) is 11.3. The molecule has 0 atom stereocenters. The third kappa shape index (κ3) is 5.12. The van der Waals surface area contributed by atoms with Crippen LogP contribution in [-0.4, -0.2) is 48.6 Å². The number of thiazole rings is 1. The Hall–Kier alpha value is -2.58. The summed E-state index contributed by atoms with van der Waals surface area (Å²) >= 11 is 1.09. The highest BCUT2D eigenvalue weighted by molar-refractivity contribution is 7.22. The lowest BCUT2D eigenvalue weighted by Gasteiger charge is -2.24. The molecule has 0 unspecified atom stereocenters. The Balaban J connectivity index is 1.85. The minimum atomic E-state index is -0.736. The molecule has 0 bridgehead atoms. The number of halogens is 2. The van der Waals surface area contributed by atoms with Crippen molar-refractivity contribution in [2.45, 2.75) is 20.8 Å². The van der Waals surface area contributed by atoms with E-state index in [4.69, 9.17) is 4.74 Å². The van der Waals surface area contributed by atoms with Gasteiger partial charge in [0.1, 0.15) is 17.1 Å². The summed E-state index contributed by atoms with van der Waals surface area (Å²) in [7, 11) is 0. The third-order valence-electron chi connectivity index (χ3n) is 4.91. The lowest BCUT2D eigenvalue weighted by molar-refractivity contribution is -0.120. The van der Waals surface area contributed by atoms with Crippen LogP contribution in [-0.2, 0) is 4.79 Å². The third-order valence-corrected chi connectivity index (χ3v) is 5.94. The SMILES string of the molecule is CCN(CC)CCN(C(=O)COc1ccccc1C)c1nc2c(F)cc(F)cc2s1. The van der Waals surface area contributed by atoms with E-state index in [1.165, 1.54) is 11.0 Å². The molecule has 1 aromatic heterocycles. The number of aryl methyl sites for hydroxylation is 1. The Morgan fingerprint density at radius 1 is 1.13 bits per heavy atom. The molecule has 1 amide bonds. The zero-order valence-electron chi connectivity index (χ0n) is 17.3. The number of para-hydroxylation sites is 1. The van der Waals surface area contributed by atoms with E-state index in [1.807, 2.05) is 39.0 Å². The summed E-state index contributed by atoms with van der Waals surface area (Å²) in [6.45, 7) is 8.53. The molecule has 0 radical (unpaired) electrons. The number of carbonyl (C=O) groups is 1. The molecule has 0 aliphatic heterocycles. The van der Waals surface area contributed by atoms with Gasteiger partial charge in [-0.15, -0.1) is 0 Å². The van der Waals surface area contributed by atoms with Crippen molar-refractivity contribution in [3.05, 3.63) is 53.6 Å². The van der Waals surface area contributed by atoms with E-state index < -0.39 is 11.6 Å². The fraction of sp³-hybridized carbons (Fsp3) is 0.364. The van der Waals surface area contributed by atoms with E-state index in [-0.39, 0.29) is 18.0 Å². The smallest absolute Gasteiger partial charge is 0.266 e. The summed E-state index contributed by atoms with van der Waals surface area (Å²) in [6, 6.07) is 9.48. The molecular weight excluding hydrogens is 408 g/mol. The van der Waals surface area contributed by atoms with Gasteiger partial charge in [0.15, 0.2) is 17.6 Å². The Labute approximate surface area is 178 Å². The molecule has 0 saturated heterocycles. The number of hydrogen-bond donors (Lipinski definition) is 0. The largest absolute Gasteiger partial charge is 0.483 e. The quantitative estimate of drug-likeness (QED) is 0.493. The van der Waals surface area contributed by atoms with Crippen LogP contribution in [0.4, 0.5) is 13.9 Å². The Morgan fingerprint density at radius 3 is 2.57 bits per heavy atom. The number of fused-ring (bicyclic) bond motifs is 1. The van der Waals surface area contributed by atoms with Crippen LogP contribution in [0, 0.1) is 18.6 Å². The summed E-state index contributed by atoms with van der Waals surface area (Å²) in [5, 5.41) is 0.333. The summed E-state index contributed by atoms with van der Waals surface area (Å²) < 4.78 is 33.8. The van der Waals surface area contributed by atoms with Gasteiger partial charge in [0.25, 0.3) is 5.91 Å². The van der Waals surface area contributed by atoms with E-state index >= 15 is 0 Å². The maximum absolute atomic E-state index is 14.1. The molecule has 5 nitrogen and oxygen atoms in total. The average molecular weight is 434 g/mol. The number of anilines is 1. The van der Waals surface area contributed by atoms with Crippen LogP contribution in [0.2, 0.25) is 0 Å². The molecule has 3 aromatic rings. The number of benzene rings is 2. The minimum Gasteiger partial charge on any atom is -0.483 e. The Bertz CT molecular complexity index is 1020. The number of aromatic nitrogens is 1. The molecule has 0 fully saturated rings. The lowest BCUT2D eigenvalue weighted by Crippen LogP contribution is -2.41. The van der Waals surface area contributed by atoms with Crippen molar-refractivity contribution in [2.24, 2.45) is 0 Å². The number of rotatable bonds is 9. The summed E-state index contributed by atoms with van der Waals surface area (Å²) in [5.41, 5.74) is 0.995. The molecule has 30 heavy (non-hydrogen) atoms. The maximum Gasteiger partial charge on any atom is 0.266 e. The molecule has 0 spiro atoms. The Kier molecular flexibility index (Phi) is 7.33. The number of likely N-dealkylation sites (N-methyl/N-ethyl adjacent to an activating group) is 1. The second kappa shape index (κ2) is 9.95. The standard InChI is InChI=1S/C22H25F2N3O2S/c1-4-26(5-2)10-11-27(20(28)14-29-18-9-7-6-8-15(18)3)22-25-21-17(24)12-16(23)13-19(21)30-22/h6-9,12-13H,4-5,10-11,14H2,1-3H3. The monoisotopic (exact) mass is 433 g/mol. The lowest BCUT2D eigenvalue weighted by atomic mass is 10.2. The number of hydrogen-bond acceptors (Lipinski definition) is 5. The second-order valence-electron chi connectivity index (χ2n) is 6.86. The predicted molar refractivity (Wildman–Crippen MR) is 116 cm³/mol. The van der Waals surface area contributed by atoms with Gasteiger partial charge in [0.2, 0.25) is 0 Å². The first-order chi connectivity index (χ1) is 14.4. The van der Waals surface area contributed by atoms with E-state index in [1.54, 1.807) is 6.07 Å². The molecule has 1 heterocycles. The molecule has 2 aromatic carbocycles. The van der Waals surface area contributed by atoms with Gasteiger partial charge >= 0.3 is 0 Å². The number of carbonyl (C=O) groups excluding carboxylic acids is 1. The van der Waals surface area contributed by atoms with Crippen LogP contribution in [0.25, 0.3) is 10.2 Å². The highest BCUT2D eigenvalue weighted by Crippen LogP contribution is 2.31. The molecule has 160 valence electrons. The molecule has 3 rings (SSSR count). The average Bonchev–Trinajstić information content (AvgIpc) is 3.14. The van der Waals surface area contributed by atoms with Crippen LogP contribution in [0.5, 0.6) is 5.75 Å². The first-order valence-corrected chi connectivity index (χ1v) is 10.7. The van der Waals surface area contributed by atoms with Crippen molar-refractivity contribution in [3.8, 4) is 5.75 Å². The first-order valence-electron chi connectivity index (χ1n) is 9.89. The molecule has 8 heteroatoms. The molecule has 0 N–H and O–H groups in total. The van der Waals surface area contributed by atoms with Gasteiger partial charge in [-0.1, -0.05) is 43.4 Å². The molecule has 0 saturated carbocycles. The van der Waals surface area contributed by atoms with Crippen molar-refractivity contribution in [3.63, 3.8) is 0 Å². The van der Waals surface area contributed by atoms with E-state index in [9.17, 15) is 13.6 Å². The van der Waals surface area contributed by atoms with Gasteiger partial charge in [-0.05, 0) is 37.7 Å². The Morgan fingerprint density at radius 2 is 1.87 bits per heavy atom. The zero-order valence-corrected chi connectivity index (χ0v) is 18.1. The predicted octanol–water partition coefficient (Wildman–Crippen LogP) is 4.64. The van der Waals surface area contributed by atoms with Gasteiger partial charge < -0.3 is 9.64 Å². The van der Waals surface area contributed by atoms with Crippen LogP contribution in [0.1, 0.15) is 19.4 Å². The maximum atomic E-state index is 14.1. The molecule has 0 aliphatic rings. The van der Waals surface area contributed by atoms with Gasteiger partial charge in [0.05, 0.1) is 4.70 Å². The van der Waals surface area contributed by atoms with Crippen molar-refractivity contribution in [1.29, 1.82) is 0 Å². The fourth-order valence-corrected chi connectivity index (χ4v) is 4.15. The van der Waals surface area contributed by atoms with Crippen LogP contribution in [0.3, 0.4) is 0 Å². The van der Waals surface area contributed by atoms with Gasteiger partial charge in [-0.25, -0.2) is 13.8 Å². The van der Waals surface area contributed by atoms with Crippen LogP contribution < -0.4 is 9.64 Å². The number of amides is 1.